The first-order valence-corrected chi connectivity index (χ1v) is 6.63. The molecule has 0 aliphatic carbocycles. The van der Waals surface area contributed by atoms with Crippen LogP contribution in [0.15, 0.2) is 18.2 Å². The maximum Gasteiger partial charge on any atom is 0.416 e. The molecule has 0 bridgehead atoms. The zero-order valence-corrected chi connectivity index (χ0v) is 11.2. The highest BCUT2D eigenvalue weighted by Gasteiger charge is 2.31. The molecule has 6 heteroatoms. The van der Waals surface area contributed by atoms with E-state index in [0.29, 0.717) is 12.1 Å². The third-order valence-corrected chi connectivity index (χ3v) is 3.34. The second-order valence-electron chi connectivity index (χ2n) is 4.73. The van der Waals surface area contributed by atoms with Crippen molar-refractivity contribution < 1.29 is 13.2 Å². The first-order chi connectivity index (χ1) is 8.95. The van der Waals surface area contributed by atoms with Crippen LogP contribution in [0.25, 0.3) is 0 Å². The Bertz CT molecular complexity index is 426. The predicted molar refractivity (Wildman–Crippen MR) is 69.2 cm³/mol. The summed E-state index contributed by atoms with van der Waals surface area (Å²) >= 11 is 5.78. The number of halogens is 4. The van der Waals surface area contributed by atoms with Gasteiger partial charge in [-0.05, 0) is 43.3 Å². The van der Waals surface area contributed by atoms with Gasteiger partial charge in [-0.1, -0.05) is 11.6 Å². The normalized spacial score (nSPS) is 18.3. The Morgan fingerprint density at radius 1 is 1.16 bits per heavy atom. The molecule has 2 nitrogen and oxygen atoms in total. The summed E-state index contributed by atoms with van der Waals surface area (Å²) in [5, 5.41) is 3.40. The molecule has 1 fully saturated rings. The monoisotopic (exact) mass is 292 g/mol. The number of alkyl halides is 3. The number of hydrogen-bond acceptors (Lipinski definition) is 2. The molecule has 0 saturated carbocycles. The zero-order chi connectivity index (χ0) is 13.9. The van der Waals surface area contributed by atoms with Gasteiger partial charge in [0.05, 0.1) is 5.56 Å². The van der Waals surface area contributed by atoms with Crippen LogP contribution in [0.3, 0.4) is 0 Å². The number of nitrogens with zero attached hydrogens (tertiary/aromatic N) is 1. The standard InChI is InChI=1S/C13H16ClF3N2/c14-12-7-10(6-11(8-12)13(15,16)17)9-19-4-1-2-18-3-5-19/h6-8,18H,1-5,9H2. The fourth-order valence-corrected chi connectivity index (χ4v) is 2.48. The largest absolute Gasteiger partial charge is 0.416 e. The van der Waals surface area contributed by atoms with Gasteiger partial charge >= 0.3 is 6.18 Å². The lowest BCUT2D eigenvalue weighted by Gasteiger charge is -2.20. The Kier molecular flexibility index (Phi) is 4.71. The van der Waals surface area contributed by atoms with Gasteiger partial charge in [0.1, 0.15) is 0 Å². The summed E-state index contributed by atoms with van der Waals surface area (Å²) in [7, 11) is 0. The average Bonchev–Trinajstić information content (AvgIpc) is 2.55. The van der Waals surface area contributed by atoms with Crippen molar-refractivity contribution in [1.29, 1.82) is 0 Å². The Morgan fingerprint density at radius 2 is 1.95 bits per heavy atom. The summed E-state index contributed by atoms with van der Waals surface area (Å²) < 4.78 is 38.1. The molecular weight excluding hydrogens is 277 g/mol. The van der Waals surface area contributed by atoms with Gasteiger partial charge in [0.15, 0.2) is 0 Å². The Morgan fingerprint density at radius 3 is 2.68 bits per heavy atom. The van der Waals surface area contributed by atoms with E-state index >= 15 is 0 Å². The molecular formula is C13H16ClF3N2. The van der Waals surface area contributed by atoms with Gasteiger partial charge in [-0.2, -0.15) is 13.2 Å². The van der Waals surface area contributed by atoms with E-state index in [2.05, 4.69) is 10.2 Å². The molecule has 1 heterocycles. The summed E-state index contributed by atoms with van der Waals surface area (Å²) in [6.45, 7) is 4.06. The van der Waals surface area contributed by atoms with Crippen molar-refractivity contribution >= 4 is 11.6 Å². The van der Waals surface area contributed by atoms with Gasteiger partial charge in [0.2, 0.25) is 0 Å². The minimum atomic E-state index is -4.35. The minimum Gasteiger partial charge on any atom is -0.315 e. The zero-order valence-electron chi connectivity index (χ0n) is 10.4. The van der Waals surface area contributed by atoms with Crippen LogP contribution in [0.2, 0.25) is 5.02 Å². The molecule has 0 amide bonds. The third-order valence-electron chi connectivity index (χ3n) is 3.12. The van der Waals surface area contributed by atoms with E-state index in [1.165, 1.54) is 6.07 Å². The first-order valence-electron chi connectivity index (χ1n) is 6.25. The van der Waals surface area contributed by atoms with Gasteiger partial charge in [0.25, 0.3) is 0 Å². The molecule has 0 spiro atoms. The second kappa shape index (κ2) is 6.11. The molecule has 0 aromatic heterocycles. The van der Waals surface area contributed by atoms with E-state index in [0.717, 1.165) is 38.7 Å². The van der Waals surface area contributed by atoms with Crippen LogP contribution in [0.1, 0.15) is 17.5 Å². The smallest absolute Gasteiger partial charge is 0.315 e. The molecule has 1 aliphatic rings. The van der Waals surface area contributed by atoms with Crippen LogP contribution in [0, 0.1) is 0 Å². The van der Waals surface area contributed by atoms with Crippen molar-refractivity contribution in [2.75, 3.05) is 26.2 Å². The van der Waals surface area contributed by atoms with E-state index in [4.69, 9.17) is 11.6 Å². The summed E-state index contributed by atoms with van der Waals surface area (Å²) in [4.78, 5) is 2.14. The fourth-order valence-electron chi connectivity index (χ4n) is 2.22. The number of benzene rings is 1. The maximum absolute atomic E-state index is 12.7. The number of nitrogens with one attached hydrogen (secondary N) is 1. The van der Waals surface area contributed by atoms with E-state index in [1.54, 1.807) is 6.07 Å². The lowest BCUT2D eigenvalue weighted by molar-refractivity contribution is -0.137. The summed E-state index contributed by atoms with van der Waals surface area (Å²) in [6.07, 6.45) is -3.34. The quantitative estimate of drug-likeness (QED) is 0.901. The van der Waals surface area contributed by atoms with Crippen LogP contribution < -0.4 is 5.32 Å². The Balaban J connectivity index is 2.13. The second-order valence-corrected chi connectivity index (χ2v) is 5.16. The van der Waals surface area contributed by atoms with Crippen LogP contribution in [0.5, 0.6) is 0 Å². The van der Waals surface area contributed by atoms with Crippen molar-refractivity contribution in [3.63, 3.8) is 0 Å². The van der Waals surface area contributed by atoms with E-state index in [9.17, 15) is 13.2 Å². The fraction of sp³-hybridized carbons (Fsp3) is 0.538. The first kappa shape index (κ1) is 14.6. The van der Waals surface area contributed by atoms with E-state index < -0.39 is 11.7 Å². The molecule has 0 atom stereocenters. The van der Waals surface area contributed by atoms with Crippen molar-refractivity contribution in [2.24, 2.45) is 0 Å². The van der Waals surface area contributed by atoms with Crippen molar-refractivity contribution in [3.05, 3.63) is 34.3 Å². The highest BCUT2D eigenvalue weighted by Crippen LogP contribution is 2.32. The lowest BCUT2D eigenvalue weighted by atomic mass is 10.1. The molecule has 1 aromatic rings. The highest BCUT2D eigenvalue weighted by atomic mass is 35.5. The van der Waals surface area contributed by atoms with Gasteiger partial charge in [0, 0.05) is 24.7 Å². The minimum absolute atomic E-state index is 0.137. The van der Waals surface area contributed by atoms with Crippen LogP contribution in [-0.4, -0.2) is 31.1 Å². The molecule has 1 aliphatic heterocycles. The SMILES string of the molecule is FC(F)(F)c1cc(Cl)cc(CN2CCCNCC2)c1. The molecule has 106 valence electrons. The third kappa shape index (κ3) is 4.37. The van der Waals surface area contributed by atoms with Crippen LogP contribution in [0.4, 0.5) is 13.2 Å². The molecule has 1 saturated heterocycles. The van der Waals surface area contributed by atoms with E-state index in [-0.39, 0.29) is 5.02 Å². The molecule has 2 rings (SSSR count). The highest BCUT2D eigenvalue weighted by molar-refractivity contribution is 6.30. The number of rotatable bonds is 2. The Hall–Kier alpha value is -0.780. The van der Waals surface area contributed by atoms with Crippen LogP contribution in [-0.2, 0) is 12.7 Å². The lowest BCUT2D eigenvalue weighted by Crippen LogP contribution is -2.27. The molecule has 1 aromatic carbocycles. The summed E-state index contributed by atoms with van der Waals surface area (Å²) in [6, 6.07) is 3.76. The van der Waals surface area contributed by atoms with Gasteiger partial charge in [-0.15, -0.1) is 0 Å². The topological polar surface area (TPSA) is 15.3 Å². The summed E-state index contributed by atoms with van der Waals surface area (Å²) in [5.74, 6) is 0. The molecule has 19 heavy (non-hydrogen) atoms. The molecule has 0 unspecified atom stereocenters. The van der Waals surface area contributed by atoms with Gasteiger partial charge < -0.3 is 5.32 Å². The Labute approximate surface area is 115 Å². The van der Waals surface area contributed by atoms with Gasteiger partial charge in [-0.25, -0.2) is 0 Å². The van der Waals surface area contributed by atoms with Crippen molar-refractivity contribution in [1.82, 2.24) is 10.2 Å². The predicted octanol–water partition coefficient (Wildman–Crippen LogP) is 3.15. The van der Waals surface area contributed by atoms with E-state index in [1.807, 2.05) is 0 Å². The maximum atomic E-state index is 12.7. The average molecular weight is 293 g/mol. The van der Waals surface area contributed by atoms with Crippen molar-refractivity contribution in [2.45, 2.75) is 19.1 Å². The van der Waals surface area contributed by atoms with Crippen LogP contribution >= 0.6 is 11.6 Å². The molecule has 0 radical (unpaired) electrons. The number of hydrogen-bond donors (Lipinski definition) is 1. The molecule has 1 N–H and O–H groups in total. The van der Waals surface area contributed by atoms with Crippen molar-refractivity contribution in [3.8, 4) is 0 Å². The van der Waals surface area contributed by atoms with Gasteiger partial charge in [-0.3, -0.25) is 4.90 Å². The summed E-state index contributed by atoms with van der Waals surface area (Å²) in [5.41, 5.74) is -0.0651.